The Morgan fingerprint density at radius 1 is 1.11 bits per heavy atom. The molecule has 3 heteroatoms. The topological polar surface area (TPSA) is 26.3 Å². The van der Waals surface area contributed by atoms with E-state index in [1.54, 1.807) is 0 Å². The predicted octanol–water partition coefficient (Wildman–Crippen LogP) is 3.97. The Morgan fingerprint density at radius 2 is 1.89 bits per heavy atom. The fraction of sp³-hybridized carbons (Fsp3) is 0.938. The average Bonchev–Trinajstić information content (AvgIpc) is 2.44. The number of carbonyl (C=O) groups excluding carboxylic acids is 1. The van der Waals surface area contributed by atoms with Crippen molar-refractivity contribution in [2.75, 3.05) is 12.4 Å². The molecule has 2 nitrogen and oxygen atoms in total. The Morgan fingerprint density at radius 3 is 2.58 bits per heavy atom. The third-order valence-electron chi connectivity index (χ3n) is 5.23. The summed E-state index contributed by atoms with van der Waals surface area (Å²) in [5.41, 5.74) is 0.119. The van der Waals surface area contributed by atoms with Gasteiger partial charge in [-0.15, -0.1) is 0 Å². The zero-order valence-electron chi connectivity index (χ0n) is 11.9. The monoisotopic (exact) mass is 282 g/mol. The van der Waals surface area contributed by atoms with Crippen molar-refractivity contribution in [3.8, 4) is 0 Å². The lowest BCUT2D eigenvalue weighted by molar-refractivity contribution is -0.154. The standard InChI is InChI=1S/C16H26O2S/c17-15(12-19-14-5-2-1-3-6-14)13-7-10-18-16(11-13)8-4-9-16/h13-14H,1-12H2. The molecule has 1 aliphatic heterocycles. The van der Waals surface area contributed by atoms with Crippen LogP contribution in [-0.2, 0) is 9.53 Å². The first kappa shape index (κ1) is 13.9. The summed E-state index contributed by atoms with van der Waals surface area (Å²) in [5, 5.41) is 0.759. The lowest BCUT2D eigenvalue weighted by Gasteiger charge is -2.46. The van der Waals surface area contributed by atoms with Crippen LogP contribution in [0.1, 0.15) is 64.2 Å². The van der Waals surface area contributed by atoms with Crippen LogP contribution in [0.2, 0.25) is 0 Å². The maximum atomic E-state index is 12.4. The highest BCUT2D eigenvalue weighted by molar-refractivity contribution is 8.00. The summed E-state index contributed by atoms with van der Waals surface area (Å²) in [5.74, 6) is 1.56. The van der Waals surface area contributed by atoms with Crippen LogP contribution in [0.3, 0.4) is 0 Å². The molecule has 2 saturated carbocycles. The molecular formula is C16H26O2S. The number of ketones is 1. The minimum absolute atomic E-state index is 0.119. The van der Waals surface area contributed by atoms with Crippen LogP contribution in [0.4, 0.5) is 0 Å². The van der Waals surface area contributed by atoms with Gasteiger partial charge in [0.15, 0.2) is 0 Å². The van der Waals surface area contributed by atoms with Crippen molar-refractivity contribution < 1.29 is 9.53 Å². The molecule has 0 aromatic rings. The van der Waals surface area contributed by atoms with Crippen molar-refractivity contribution in [2.45, 2.75) is 75.1 Å². The van der Waals surface area contributed by atoms with E-state index in [2.05, 4.69) is 0 Å². The van der Waals surface area contributed by atoms with E-state index in [-0.39, 0.29) is 5.60 Å². The fourth-order valence-corrected chi connectivity index (χ4v) is 5.07. The number of carbonyl (C=O) groups is 1. The lowest BCUT2D eigenvalue weighted by atomic mass is 9.71. The lowest BCUT2D eigenvalue weighted by Crippen LogP contribution is -2.47. The first-order valence-corrected chi connectivity index (χ1v) is 9.11. The third kappa shape index (κ3) is 3.36. The predicted molar refractivity (Wildman–Crippen MR) is 79.6 cm³/mol. The number of Topliss-reactive ketones (excluding diaryl/α,β-unsaturated/α-hetero) is 1. The van der Waals surface area contributed by atoms with Gasteiger partial charge in [0.1, 0.15) is 5.78 Å². The second-order valence-corrected chi connectivity index (χ2v) is 7.90. The van der Waals surface area contributed by atoms with E-state index in [4.69, 9.17) is 4.74 Å². The van der Waals surface area contributed by atoms with Crippen LogP contribution in [-0.4, -0.2) is 29.0 Å². The Bertz CT molecular complexity index is 319. The summed E-state index contributed by atoms with van der Waals surface area (Å²) in [6.07, 6.45) is 12.4. The number of rotatable bonds is 4. The van der Waals surface area contributed by atoms with E-state index in [1.165, 1.54) is 51.4 Å². The van der Waals surface area contributed by atoms with Gasteiger partial charge in [0.2, 0.25) is 0 Å². The van der Waals surface area contributed by atoms with Crippen molar-refractivity contribution in [3.05, 3.63) is 0 Å². The van der Waals surface area contributed by atoms with Crippen LogP contribution in [0.25, 0.3) is 0 Å². The van der Waals surface area contributed by atoms with Gasteiger partial charge in [-0.25, -0.2) is 0 Å². The number of thioether (sulfide) groups is 1. The van der Waals surface area contributed by atoms with Crippen molar-refractivity contribution >= 4 is 17.5 Å². The molecule has 1 saturated heterocycles. The minimum Gasteiger partial charge on any atom is -0.375 e. The largest absolute Gasteiger partial charge is 0.375 e. The zero-order valence-corrected chi connectivity index (χ0v) is 12.7. The molecule has 3 fully saturated rings. The first-order chi connectivity index (χ1) is 9.27. The van der Waals surface area contributed by atoms with Crippen molar-refractivity contribution in [1.29, 1.82) is 0 Å². The van der Waals surface area contributed by atoms with Gasteiger partial charge in [0.05, 0.1) is 11.4 Å². The molecule has 2 aliphatic carbocycles. The normalized spacial score (nSPS) is 31.1. The first-order valence-electron chi connectivity index (χ1n) is 8.06. The number of hydrogen-bond donors (Lipinski definition) is 0. The smallest absolute Gasteiger partial charge is 0.146 e. The molecule has 1 spiro atoms. The molecular weight excluding hydrogens is 256 g/mol. The second-order valence-electron chi connectivity index (χ2n) is 6.61. The van der Waals surface area contributed by atoms with E-state index in [1.807, 2.05) is 11.8 Å². The van der Waals surface area contributed by atoms with Crippen LogP contribution in [0.5, 0.6) is 0 Å². The van der Waals surface area contributed by atoms with Crippen LogP contribution in [0.15, 0.2) is 0 Å². The fourth-order valence-electron chi connectivity index (χ4n) is 3.77. The van der Waals surface area contributed by atoms with E-state index >= 15 is 0 Å². The summed E-state index contributed by atoms with van der Waals surface area (Å²) in [6.45, 7) is 0.810. The van der Waals surface area contributed by atoms with Crippen LogP contribution < -0.4 is 0 Å². The summed E-state index contributed by atoms with van der Waals surface area (Å²) in [7, 11) is 0. The minimum atomic E-state index is 0.119. The highest BCUT2D eigenvalue weighted by Crippen LogP contribution is 2.44. The summed E-state index contributed by atoms with van der Waals surface area (Å²) >= 11 is 1.93. The molecule has 108 valence electrons. The second kappa shape index (κ2) is 6.17. The maximum Gasteiger partial charge on any atom is 0.146 e. The van der Waals surface area contributed by atoms with Gasteiger partial charge in [0, 0.05) is 17.8 Å². The molecule has 0 aromatic heterocycles. The van der Waals surface area contributed by atoms with Gasteiger partial charge in [-0.3, -0.25) is 4.79 Å². The molecule has 0 N–H and O–H groups in total. The Kier molecular flexibility index (Phi) is 4.53. The summed E-state index contributed by atoms with van der Waals surface area (Å²) < 4.78 is 5.92. The van der Waals surface area contributed by atoms with Gasteiger partial charge < -0.3 is 4.74 Å². The molecule has 3 rings (SSSR count). The summed E-state index contributed by atoms with van der Waals surface area (Å²) in [4.78, 5) is 12.4. The Labute approximate surface area is 121 Å². The third-order valence-corrected chi connectivity index (χ3v) is 6.62. The van der Waals surface area contributed by atoms with E-state index < -0.39 is 0 Å². The quantitative estimate of drug-likeness (QED) is 0.780. The van der Waals surface area contributed by atoms with Crippen molar-refractivity contribution in [1.82, 2.24) is 0 Å². The van der Waals surface area contributed by atoms with Crippen LogP contribution in [0, 0.1) is 5.92 Å². The molecule has 19 heavy (non-hydrogen) atoms. The highest BCUT2D eigenvalue weighted by Gasteiger charge is 2.44. The summed E-state index contributed by atoms with van der Waals surface area (Å²) in [6, 6.07) is 0. The Hall–Kier alpha value is -0.0200. The van der Waals surface area contributed by atoms with Crippen LogP contribution >= 0.6 is 11.8 Å². The van der Waals surface area contributed by atoms with Gasteiger partial charge >= 0.3 is 0 Å². The van der Waals surface area contributed by atoms with E-state index in [0.29, 0.717) is 11.7 Å². The van der Waals surface area contributed by atoms with Crippen molar-refractivity contribution in [2.24, 2.45) is 5.92 Å². The molecule has 0 bridgehead atoms. The molecule has 1 heterocycles. The van der Waals surface area contributed by atoms with Gasteiger partial charge in [-0.1, -0.05) is 19.3 Å². The average molecular weight is 282 g/mol. The zero-order chi connectivity index (χ0) is 13.1. The molecule has 3 aliphatic rings. The van der Waals surface area contributed by atoms with Crippen molar-refractivity contribution in [3.63, 3.8) is 0 Å². The highest BCUT2D eigenvalue weighted by atomic mass is 32.2. The number of ether oxygens (including phenoxy) is 1. The van der Waals surface area contributed by atoms with Gasteiger partial charge in [0.25, 0.3) is 0 Å². The Balaban J connectivity index is 1.44. The molecule has 0 radical (unpaired) electrons. The number of hydrogen-bond acceptors (Lipinski definition) is 3. The SMILES string of the molecule is O=C(CSC1CCCCC1)C1CCOC2(CCC2)C1. The van der Waals surface area contributed by atoms with E-state index in [0.717, 1.165) is 30.5 Å². The molecule has 1 atom stereocenters. The molecule has 0 aromatic carbocycles. The maximum absolute atomic E-state index is 12.4. The molecule has 0 amide bonds. The molecule has 1 unspecified atom stereocenters. The van der Waals surface area contributed by atoms with E-state index in [9.17, 15) is 4.79 Å². The van der Waals surface area contributed by atoms with Gasteiger partial charge in [-0.05, 0) is 44.9 Å². The van der Waals surface area contributed by atoms with Gasteiger partial charge in [-0.2, -0.15) is 11.8 Å².